The minimum atomic E-state index is 0.441. The van der Waals surface area contributed by atoms with Crippen LogP contribution < -0.4 is 0 Å². The predicted molar refractivity (Wildman–Crippen MR) is 52.5 cm³/mol. The first-order valence-electron chi connectivity index (χ1n) is 4.36. The second kappa shape index (κ2) is 5.60. The fourth-order valence-electron chi connectivity index (χ4n) is 0.785. The first-order chi connectivity index (χ1) is 5.56. The van der Waals surface area contributed by atoms with Crippen LogP contribution in [0.2, 0.25) is 0 Å². The lowest BCUT2D eigenvalue weighted by Crippen LogP contribution is -1.83. The summed E-state index contributed by atoms with van der Waals surface area (Å²) in [5, 5.41) is 8.72. The van der Waals surface area contributed by atoms with Gasteiger partial charge < -0.3 is 0 Å². The summed E-state index contributed by atoms with van der Waals surface area (Å²) in [4.78, 5) is 0. The molecule has 0 aromatic heterocycles. The normalized spacial score (nSPS) is 12.9. The van der Waals surface area contributed by atoms with Gasteiger partial charge in [-0.1, -0.05) is 39.8 Å². The second-order valence-corrected chi connectivity index (χ2v) is 3.58. The van der Waals surface area contributed by atoms with Gasteiger partial charge in [0.25, 0.3) is 0 Å². The molecule has 1 nitrogen and oxygen atoms in total. The molecule has 12 heavy (non-hydrogen) atoms. The molecule has 0 aliphatic rings. The topological polar surface area (TPSA) is 23.8 Å². The van der Waals surface area contributed by atoms with Crippen molar-refractivity contribution in [2.45, 2.75) is 27.7 Å². The van der Waals surface area contributed by atoms with E-state index < -0.39 is 0 Å². The molecule has 0 bridgehead atoms. The molecule has 0 spiro atoms. The second-order valence-electron chi connectivity index (χ2n) is 3.58. The Morgan fingerprint density at radius 1 is 1.17 bits per heavy atom. The van der Waals surface area contributed by atoms with E-state index in [2.05, 4.69) is 33.8 Å². The quantitative estimate of drug-likeness (QED) is 0.462. The van der Waals surface area contributed by atoms with E-state index in [4.69, 9.17) is 5.26 Å². The molecule has 0 rings (SSSR count). The van der Waals surface area contributed by atoms with Crippen molar-refractivity contribution in [1.29, 1.82) is 5.26 Å². The summed E-state index contributed by atoms with van der Waals surface area (Å²) in [5.41, 5.74) is 0.763. The highest BCUT2D eigenvalue weighted by molar-refractivity contribution is 5.33. The predicted octanol–water partition coefficient (Wildman–Crippen LogP) is 3.30. The first kappa shape index (κ1) is 11.0. The first-order valence-corrected chi connectivity index (χ1v) is 4.36. The van der Waals surface area contributed by atoms with E-state index in [1.807, 2.05) is 18.2 Å². The maximum Gasteiger partial charge on any atom is 0.0988 e. The molecule has 0 aliphatic heterocycles. The van der Waals surface area contributed by atoms with Crippen LogP contribution in [0.25, 0.3) is 0 Å². The third-order valence-corrected chi connectivity index (χ3v) is 1.30. The van der Waals surface area contributed by atoms with Gasteiger partial charge in [0.05, 0.1) is 6.07 Å². The van der Waals surface area contributed by atoms with Crippen molar-refractivity contribution in [3.05, 3.63) is 23.8 Å². The van der Waals surface area contributed by atoms with Gasteiger partial charge in [0, 0.05) is 5.57 Å². The Labute approximate surface area is 75.4 Å². The van der Waals surface area contributed by atoms with Crippen LogP contribution in [0.4, 0.5) is 0 Å². The third-order valence-electron chi connectivity index (χ3n) is 1.30. The molecule has 66 valence electrons. The molecule has 1 heteroatoms. The molecule has 0 saturated heterocycles. The molecule has 0 aromatic carbocycles. The average molecular weight is 163 g/mol. The fourth-order valence-corrected chi connectivity index (χ4v) is 0.785. The summed E-state index contributed by atoms with van der Waals surface area (Å²) in [6, 6.07) is 2.16. The van der Waals surface area contributed by atoms with E-state index in [0.29, 0.717) is 11.8 Å². The molecule has 0 radical (unpaired) electrons. The highest BCUT2D eigenvalue weighted by Crippen LogP contribution is 2.04. The summed E-state index contributed by atoms with van der Waals surface area (Å²) in [6.45, 7) is 8.34. The van der Waals surface area contributed by atoms with Gasteiger partial charge in [0.2, 0.25) is 0 Å². The van der Waals surface area contributed by atoms with Crippen LogP contribution >= 0.6 is 0 Å². The van der Waals surface area contributed by atoms with E-state index in [0.717, 1.165) is 5.57 Å². The molecule has 0 unspecified atom stereocenters. The van der Waals surface area contributed by atoms with Gasteiger partial charge in [-0.25, -0.2) is 0 Å². The van der Waals surface area contributed by atoms with E-state index in [1.54, 1.807) is 0 Å². The summed E-state index contributed by atoms with van der Waals surface area (Å²) in [7, 11) is 0. The third kappa shape index (κ3) is 5.73. The van der Waals surface area contributed by atoms with Crippen molar-refractivity contribution in [1.82, 2.24) is 0 Å². The van der Waals surface area contributed by atoms with Crippen LogP contribution in [0.3, 0.4) is 0 Å². The molecule has 0 fully saturated rings. The standard InChI is InChI=1S/C11H17N/c1-9(2)5-6-11(8-12)7-10(3)4/h5-7,9-10H,1-4H3. The van der Waals surface area contributed by atoms with Crippen LogP contribution in [0, 0.1) is 23.2 Å². The van der Waals surface area contributed by atoms with Gasteiger partial charge in [-0.3, -0.25) is 0 Å². The Morgan fingerprint density at radius 2 is 1.75 bits per heavy atom. The maximum absolute atomic E-state index is 8.72. The monoisotopic (exact) mass is 163 g/mol. The summed E-state index contributed by atoms with van der Waals surface area (Å²) in [6.07, 6.45) is 5.90. The Kier molecular flexibility index (Phi) is 5.12. The number of nitrogens with zero attached hydrogens (tertiary/aromatic N) is 1. The molecule has 0 saturated carbocycles. The van der Waals surface area contributed by atoms with Crippen LogP contribution in [0.1, 0.15) is 27.7 Å². The van der Waals surface area contributed by atoms with Crippen molar-refractivity contribution in [2.75, 3.05) is 0 Å². The van der Waals surface area contributed by atoms with Crippen molar-refractivity contribution in [3.63, 3.8) is 0 Å². The largest absolute Gasteiger partial charge is 0.192 e. The van der Waals surface area contributed by atoms with Gasteiger partial charge in [-0.15, -0.1) is 0 Å². The summed E-state index contributed by atoms with van der Waals surface area (Å²) < 4.78 is 0. The molecule has 0 aliphatic carbocycles. The van der Waals surface area contributed by atoms with E-state index >= 15 is 0 Å². The Morgan fingerprint density at radius 3 is 2.08 bits per heavy atom. The van der Waals surface area contributed by atoms with Gasteiger partial charge in [-0.05, 0) is 17.9 Å². The zero-order valence-corrected chi connectivity index (χ0v) is 8.33. The molecule has 0 N–H and O–H groups in total. The SMILES string of the molecule is CC(C)C=CC(C#N)=CC(C)C. The molecule has 0 aromatic rings. The van der Waals surface area contributed by atoms with Gasteiger partial charge in [-0.2, -0.15) is 5.26 Å². The molecule has 0 heterocycles. The van der Waals surface area contributed by atoms with Gasteiger partial charge in [0.15, 0.2) is 0 Å². The molecular weight excluding hydrogens is 146 g/mol. The fraction of sp³-hybridized carbons (Fsp3) is 0.545. The van der Waals surface area contributed by atoms with Crippen molar-refractivity contribution < 1.29 is 0 Å². The molecular formula is C11H17N. The Bertz CT molecular complexity index is 214. The average Bonchev–Trinajstić information content (AvgIpc) is 1.97. The minimum absolute atomic E-state index is 0.441. The lowest BCUT2D eigenvalue weighted by atomic mass is 10.1. The van der Waals surface area contributed by atoms with Gasteiger partial charge >= 0.3 is 0 Å². The van der Waals surface area contributed by atoms with E-state index in [-0.39, 0.29) is 0 Å². The maximum atomic E-state index is 8.72. The van der Waals surface area contributed by atoms with Crippen molar-refractivity contribution in [3.8, 4) is 6.07 Å². The van der Waals surface area contributed by atoms with Crippen molar-refractivity contribution >= 4 is 0 Å². The van der Waals surface area contributed by atoms with E-state index in [1.165, 1.54) is 0 Å². The molecule has 0 atom stereocenters. The zero-order chi connectivity index (χ0) is 9.56. The Balaban J connectivity index is 4.30. The number of hydrogen-bond acceptors (Lipinski definition) is 1. The summed E-state index contributed by atoms with van der Waals surface area (Å²) in [5.74, 6) is 0.949. The zero-order valence-electron chi connectivity index (χ0n) is 8.33. The molecule has 0 amide bonds. The summed E-state index contributed by atoms with van der Waals surface area (Å²) >= 11 is 0. The van der Waals surface area contributed by atoms with Crippen LogP contribution in [-0.2, 0) is 0 Å². The van der Waals surface area contributed by atoms with E-state index in [9.17, 15) is 0 Å². The van der Waals surface area contributed by atoms with Crippen molar-refractivity contribution in [2.24, 2.45) is 11.8 Å². The van der Waals surface area contributed by atoms with Crippen LogP contribution in [0.5, 0.6) is 0 Å². The highest BCUT2D eigenvalue weighted by Gasteiger charge is 1.92. The Hall–Kier alpha value is -1.03. The highest BCUT2D eigenvalue weighted by atomic mass is 14.2. The number of rotatable bonds is 3. The number of nitriles is 1. The van der Waals surface area contributed by atoms with Crippen LogP contribution in [0.15, 0.2) is 23.8 Å². The lowest BCUT2D eigenvalue weighted by Gasteiger charge is -1.96. The number of allylic oxidation sites excluding steroid dienone is 4. The van der Waals surface area contributed by atoms with Gasteiger partial charge in [0.1, 0.15) is 0 Å². The smallest absolute Gasteiger partial charge is 0.0988 e. The minimum Gasteiger partial charge on any atom is -0.192 e. The number of hydrogen-bond donors (Lipinski definition) is 0. The lowest BCUT2D eigenvalue weighted by molar-refractivity contribution is 0.821. The van der Waals surface area contributed by atoms with Crippen LogP contribution in [-0.4, -0.2) is 0 Å².